The van der Waals surface area contributed by atoms with Crippen LogP contribution in [0.3, 0.4) is 0 Å². The van der Waals surface area contributed by atoms with E-state index in [9.17, 15) is 4.79 Å². The molecular formula is C11H15N3OS. The smallest absolute Gasteiger partial charge is 0.234 e. The van der Waals surface area contributed by atoms with Gasteiger partial charge in [-0.3, -0.25) is 9.69 Å². The highest BCUT2D eigenvalue weighted by molar-refractivity contribution is 7.09. The number of rotatable bonds is 6. The molecule has 0 aliphatic rings. The van der Waals surface area contributed by atoms with Crippen LogP contribution in [-0.4, -0.2) is 30.4 Å². The van der Waals surface area contributed by atoms with Crippen molar-refractivity contribution in [3.8, 4) is 6.07 Å². The second kappa shape index (κ2) is 6.99. The highest BCUT2D eigenvalue weighted by Crippen LogP contribution is 2.07. The van der Waals surface area contributed by atoms with Gasteiger partial charge in [-0.15, -0.1) is 11.3 Å². The van der Waals surface area contributed by atoms with Crippen LogP contribution in [0, 0.1) is 11.3 Å². The van der Waals surface area contributed by atoms with Crippen LogP contribution in [0.25, 0.3) is 0 Å². The summed E-state index contributed by atoms with van der Waals surface area (Å²) in [6.07, 6.45) is 0. The van der Waals surface area contributed by atoms with Crippen molar-refractivity contribution in [1.29, 1.82) is 5.26 Å². The molecule has 1 aromatic heterocycles. The van der Waals surface area contributed by atoms with E-state index in [4.69, 9.17) is 5.26 Å². The minimum absolute atomic E-state index is 0.0366. The summed E-state index contributed by atoms with van der Waals surface area (Å²) in [7, 11) is 0. The third-order valence-electron chi connectivity index (χ3n) is 2.15. The van der Waals surface area contributed by atoms with E-state index in [0.29, 0.717) is 19.6 Å². The molecule has 0 unspecified atom stereocenters. The molecule has 1 rings (SSSR count). The van der Waals surface area contributed by atoms with Crippen molar-refractivity contribution in [1.82, 2.24) is 10.2 Å². The van der Waals surface area contributed by atoms with Gasteiger partial charge in [0, 0.05) is 4.88 Å². The second-order valence-corrected chi connectivity index (χ2v) is 4.35. The minimum atomic E-state index is -0.0366. The number of nitrogens with one attached hydrogen (secondary N) is 1. The highest BCUT2D eigenvalue weighted by atomic mass is 32.1. The zero-order valence-corrected chi connectivity index (χ0v) is 10.1. The fraction of sp³-hybridized carbons (Fsp3) is 0.455. The molecule has 1 amide bonds. The van der Waals surface area contributed by atoms with Crippen molar-refractivity contribution in [2.24, 2.45) is 0 Å². The van der Waals surface area contributed by atoms with Gasteiger partial charge in [-0.05, 0) is 18.0 Å². The molecule has 0 radical (unpaired) electrons. The molecule has 0 fully saturated rings. The number of nitriles is 1. The molecule has 0 bridgehead atoms. The zero-order valence-electron chi connectivity index (χ0n) is 9.27. The lowest BCUT2D eigenvalue weighted by Crippen LogP contribution is -2.36. The standard InChI is InChI=1S/C11H15N3OS/c1-2-14(6-5-12)9-11(15)13-8-10-4-3-7-16-10/h3-4,7H,2,6,8-9H2,1H3,(H,13,15). The Hall–Kier alpha value is -1.38. The summed E-state index contributed by atoms with van der Waals surface area (Å²) in [6, 6.07) is 5.98. The van der Waals surface area contributed by atoms with Crippen LogP contribution in [0.5, 0.6) is 0 Å². The van der Waals surface area contributed by atoms with Gasteiger partial charge in [-0.2, -0.15) is 5.26 Å². The van der Waals surface area contributed by atoms with Gasteiger partial charge < -0.3 is 5.32 Å². The number of amides is 1. The van der Waals surface area contributed by atoms with Crippen LogP contribution in [0.2, 0.25) is 0 Å². The van der Waals surface area contributed by atoms with Gasteiger partial charge in [0.2, 0.25) is 5.91 Å². The average molecular weight is 237 g/mol. The summed E-state index contributed by atoms with van der Waals surface area (Å²) in [5, 5.41) is 13.3. The normalized spacial score (nSPS) is 10.1. The van der Waals surface area contributed by atoms with Gasteiger partial charge in [0.25, 0.3) is 0 Å². The van der Waals surface area contributed by atoms with Gasteiger partial charge in [0.15, 0.2) is 0 Å². The minimum Gasteiger partial charge on any atom is -0.350 e. The predicted octanol–water partition coefficient (Wildman–Crippen LogP) is 1.21. The third-order valence-corrected chi connectivity index (χ3v) is 3.03. The van der Waals surface area contributed by atoms with Gasteiger partial charge in [-0.25, -0.2) is 0 Å². The van der Waals surface area contributed by atoms with E-state index in [1.807, 2.05) is 30.5 Å². The molecule has 0 aliphatic heterocycles. The first-order chi connectivity index (χ1) is 7.76. The highest BCUT2D eigenvalue weighted by Gasteiger charge is 2.07. The SMILES string of the molecule is CCN(CC#N)CC(=O)NCc1cccs1. The lowest BCUT2D eigenvalue weighted by molar-refractivity contribution is -0.122. The molecule has 1 N–H and O–H groups in total. The largest absolute Gasteiger partial charge is 0.350 e. The van der Waals surface area contributed by atoms with E-state index in [2.05, 4.69) is 5.32 Å². The molecule has 16 heavy (non-hydrogen) atoms. The maximum Gasteiger partial charge on any atom is 0.234 e. The Kier molecular flexibility index (Phi) is 5.54. The number of likely N-dealkylation sites (N-methyl/N-ethyl adjacent to an activating group) is 1. The molecular weight excluding hydrogens is 222 g/mol. The topological polar surface area (TPSA) is 56.1 Å². The van der Waals surface area contributed by atoms with Crippen molar-refractivity contribution < 1.29 is 4.79 Å². The molecule has 0 saturated carbocycles. The number of carbonyl (C=O) groups is 1. The van der Waals surface area contributed by atoms with Crippen molar-refractivity contribution in [3.05, 3.63) is 22.4 Å². The lowest BCUT2D eigenvalue weighted by atomic mass is 10.4. The van der Waals surface area contributed by atoms with E-state index in [0.717, 1.165) is 4.88 Å². The average Bonchev–Trinajstić information content (AvgIpc) is 2.78. The van der Waals surface area contributed by atoms with Crippen molar-refractivity contribution in [2.45, 2.75) is 13.5 Å². The van der Waals surface area contributed by atoms with E-state index >= 15 is 0 Å². The summed E-state index contributed by atoms with van der Waals surface area (Å²) in [6.45, 7) is 3.79. The Morgan fingerprint density at radius 2 is 2.50 bits per heavy atom. The first-order valence-electron chi connectivity index (χ1n) is 5.14. The number of hydrogen-bond acceptors (Lipinski definition) is 4. The molecule has 0 aromatic carbocycles. The molecule has 1 heterocycles. The fourth-order valence-electron chi connectivity index (χ4n) is 1.24. The van der Waals surface area contributed by atoms with Crippen LogP contribution >= 0.6 is 11.3 Å². The molecule has 0 saturated heterocycles. The summed E-state index contributed by atoms with van der Waals surface area (Å²) < 4.78 is 0. The van der Waals surface area contributed by atoms with E-state index in [1.165, 1.54) is 0 Å². The third kappa shape index (κ3) is 4.43. The van der Waals surface area contributed by atoms with Crippen molar-refractivity contribution in [3.63, 3.8) is 0 Å². The number of carbonyl (C=O) groups excluding carboxylic acids is 1. The van der Waals surface area contributed by atoms with Gasteiger partial charge in [-0.1, -0.05) is 13.0 Å². The molecule has 5 heteroatoms. The van der Waals surface area contributed by atoms with Crippen LogP contribution in [-0.2, 0) is 11.3 Å². The number of thiophene rings is 1. The van der Waals surface area contributed by atoms with Crippen LogP contribution in [0.4, 0.5) is 0 Å². The quantitative estimate of drug-likeness (QED) is 0.757. The summed E-state index contributed by atoms with van der Waals surface area (Å²) in [4.78, 5) is 14.5. The van der Waals surface area contributed by atoms with E-state index < -0.39 is 0 Å². The Morgan fingerprint density at radius 3 is 3.06 bits per heavy atom. The monoisotopic (exact) mass is 237 g/mol. The van der Waals surface area contributed by atoms with E-state index in [-0.39, 0.29) is 12.5 Å². The fourth-order valence-corrected chi connectivity index (χ4v) is 1.88. The van der Waals surface area contributed by atoms with Crippen LogP contribution in [0.1, 0.15) is 11.8 Å². The van der Waals surface area contributed by atoms with Gasteiger partial charge in [0.05, 0.1) is 25.7 Å². The summed E-state index contributed by atoms with van der Waals surface area (Å²) in [5.74, 6) is -0.0366. The van der Waals surface area contributed by atoms with Gasteiger partial charge >= 0.3 is 0 Å². The van der Waals surface area contributed by atoms with Crippen molar-refractivity contribution >= 4 is 17.2 Å². The Bertz CT molecular complexity index is 356. The zero-order chi connectivity index (χ0) is 11.8. The molecule has 4 nitrogen and oxygen atoms in total. The molecule has 0 atom stereocenters. The second-order valence-electron chi connectivity index (χ2n) is 3.32. The molecule has 1 aromatic rings. The van der Waals surface area contributed by atoms with Crippen molar-refractivity contribution in [2.75, 3.05) is 19.6 Å². The molecule has 86 valence electrons. The first kappa shape index (κ1) is 12.7. The molecule has 0 aliphatic carbocycles. The Labute approximate surface area is 99.5 Å². The number of nitrogens with zero attached hydrogens (tertiary/aromatic N) is 2. The summed E-state index contributed by atoms with van der Waals surface area (Å²) in [5.41, 5.74) is 0. The Morgan fingerprint density at radius 1 is 1.69 bits per heavy atom. The van der Waals surface area contributed by atoms with E-state index in [1.54, 1.807) is 16.2 Å². The first-order valence-corrected chi connectivity index (χ1v) is 6.02. The van der Waals surface area contributed by atoms with Crippen LogP contribution < -0.4 is 5.32 Å². The number of hydrogen-bond donors (Lipinski definition) is 1. The maximum absolute atomic E-state index is 11.5. The Balaban J connectivity index is 2.27. The summed E-state index contributed by atoms with van der Waals surface area (Å²) >= 11 is 1.62. The lowest BCUT2D eigenvalue weighted by Gasteiger charge is -2.15. The van der Waals surface area contributed by atoms with Gasteiger partial charge in [0.1, 0.15) is 0 Å². The molecule has 0 spiro atoms. The van der Waals surface area contributed by atoms with Crippen LogP contribution in [0.15, 0.2) is 17.5 Å². The predicted molar refractivity (Wildman–Crippen MR) is 63.9 cm³/mol. The maximum atomic E-state index is 11.5.